The fourth-order valence-electron chi connectivity index (χ4n) is 1.72. The molecule has 2 N–H and O–H groups in total. The summed E-state index contributed by atoms with van der Waals surface area (Å²) in [6.07, 6.45) is 1.56. The van der Waals surface area contributed by atoms with Crippen molar-refractivity contribution >= 4 is 5.97 Å². The molecule has 0 aliphatic heterocycles. The van der Waals surface area contributed by atoms with E-state index in [1.807, 2.05) is 0 Å². The zero-order valence-electron chi connectivity index (χ0n) is 12.5. The fraction of sp³-hybridized carbons (Fsp3) is 0.769. The second-order valence-electron chi connectivity index (χ2n) is 4.93. The Morgan fingerprint density at radius 1 is 1.40 bits per heavy atom. The Morgan fingerprint density at radius 3 is 2.75 bits per heavy atom. The quantitative estimate of drug-likeness (QED) is 0.528. The summed E-state index contributed by atoms with van der Waals surface area (Å²) in [4.78, 5) is 11.6. The van der Waals surface area contributed by atoms with Crippen LogP contribution < -0.4 is 5.73 Å². The smallest absolute Gasteiger partial charge is 0.360 e. The van der Waals surface area contributed by atoms with Crippen molar-refractivity contribution in [3.05, 3.63) is 11.4 Å². The monoisotopic (exact) mass is 284 g/mol. The molecule has 0 aliphatic carbocycles. The molecule has 0 atom stereocenters. The van der Waals surface area contributed by atoms with Crippen molar-refractivity contribution in [2.45, 2.75) is 33.2 Å². The lowest BCUT2D eigenvalue weighted by Gasteiger charge is -2.08. The third kappa shape index (κ3) is 4.90. The number of ether oxygens (including phenoxy) is 2. The summed E-state index contributed by atoms with van der Waals surface area (Å²) < 4.78 is 11.9. The SMILES string of the molecule is COC(=O)c1nnn(CCOCCC(C)C)c1CCN. The number of aromatic nitrogens is 3. The van der Waals surface area contributed by atoms with Crippen molar-refractivity contribution in [1.82, 2.24) is 15.0 Å². The summed E-state index contributed by atoms with van der Waals surface area (Å²) in [6.45, 7) is 6.55. The molecule has 0 radical (unpaired) electrons. The van der Waals surface area contributed by atoms with Crippen LogP contribution in [-0.4, -0.2) is 47.8 Å². The normalized spacial score (nSPS) is 11.1. The van der Waals surface area contributed by atoms with Gasteiger partial charge in [0.05, 0.1) is 26.0 Å². The predicted molar refractivity (Wildman–Crippen MR) is 74.4 cm³/mol. The average Bonchev–Trinajstić information content (AvgIpc) is 2.81. The number of carbonyl (C=O) groups excluding carboxylic acids is 1. The van der Waals surface area contributed by atoms with E-state index in [1.54, 1.807) is 4.68 Å². The molecule has 0 bridgehead atoms. The highest BCUT2D eigenvalue weighted by molar-refractivity contribution is 5.88. The molecule has 0 amide bonds. The third-order valence-corrected chi connectivity index (χ3v) is 2.88. The van der Waals surface area contributed by atoms with Gasteiger partial charge in [0.25, 0.3) is 0 Å². The van der Waals surface area contributed by atoms with Crippen molar-refractivity contribution < 1.29 is 14.3 Å². The van der Waals surface area contributed by atoms with Gasteiger partial charge in [0, 0.05) is 13.0 Å². The van der Waals surface area contributed by atoms with Gasteiger partial charge >= 0.3 is 5.97 Å². The molecule has 0 aliphatic rings. The first-order valence-electron chi connectivity index (χ1n) is 6.88. The van der Waals surface area contributed by atoms with Crippen LogP contribution in [0, 0.1) is 5.92 Å². The van der Waals surface area contributed by atoms with Gasteiger partial charge in [0.2, 0.25) is 0 Å². The van der Waals surface area contributed by atoms with Crippen molar-refractivity contribution in [2.75, 3.05) is 26.9 Å². The van der Waals surface area contributed by atoms with E-state index in [0.717, 1.165) is 13.0 Å². The first kappa shape index (κ1) is 16.6. The van der Waals surface area contributed by atoms with Crippen LogP contribution in [0.25, 0.3) is 0 Å². The lowest BCUT2D eigenvalue weighted by Crippen LogP contribution is -2.16. The van der Waals surface area contributed by atoms with Crippen LogP contribution >= 0.6 is 0 Å². The van der Waals surface area contributed by atoms with E-state index in [0.29, 0.717) is 37.7 Å². The summed E-state index contributed by atoms with van der Waals surface area (Å²) in [7, 11) is 1.32. The first-order chi connectivity index (χ1) is 9.60. The van der Waals surface area contributed by atoms with Crippen molar-refractivity contribution in [1.29, 1.82) is 0 Å². The molecule has 0 aromatic carbocycles. The van der Waals surface area contributed by atoms with E-state index in [1.165, 1.54) is 7.11 Å². The van der Waals surface area contributed by atoms with Gasteiger partial charge in [0.15, 0.2) is 5.69 Å². The Bertz CT molecular complexity index is 418. The van der Waals surface area contributed by atoms with Gasteiger partial charge in [-0.3, -0.25) is 0 Å². The van der Waals surface area contributed by atoms with E-state index < -0.39 is 5.97 Å². The maximum Gasteiger partial charge on any atom is 0.360 e. The molecule has 0 spiro atoms. The Hall–Kier alpha value is -1.47. The molecular formula is C13H24N4O3. The Balaban J connectivity index is 2.56. The molecule has 1 rings (SSSR count). The largest absolute Gasteiger partial charge is 0.464 e. The van der Waals surface area contributed by atoms with Crippen LogP contribution in [0.4, 0.5) is 0 Å². The Labute approximate surface area is 119 Å². The molecule has 114 valence electrons. The average molecular weight is 284 g/mol. The van der Waals surface area contributed by atoms with Gasteiger partial charge in [-0.2, -0.15) is 0 Å². The van der Waals surface area contributed by atoms with Crippen LogP contribution in [0.5, 0.6) is 0 Å². The molecular weight excluding hydrogens is 260 g/mol. The van der Waals surface area contributed by atoms with Crippen molar-refractivity contribution in [3.8, 4) is 0 Å². The third-order valence-electron chi connectivity index (χ3n) is 2.88. The summed E-state index contributed by atoms with van der Waals surface area (Å²) in [5, 5.41) is 7.83. The minimum absolute atomic E-state index is 0.236. The van der Waals surface area contributed by atoms with E-state index >= 15 is 0 Å². The Kier molecular flexibility index (Phi) is 7.17. The lowest BCUT2D eigenvalue weighted by molar-refractivity contribution is 0.0592. The fourth-order valence-corrected chi connectivity index (χ4v) is 1.72. The summed E-state index contributed by atoms with van der Waals surface area (Å²) in [5.74, 6) is 0.139. The van der Waals surface area contributed by atoms with Gasteiger partial charge in [-0.25, -0.2) is 9.48 Å². The molecule has 20 heavy (non-hydrogen) atoms. The number of carbonyl (C=O) groups is 1. The molecule has 0 fully saturated rings. The number of nitrogens with zero attached hydrogens (tertiary/aromatic N) is 3. The van der Waals surface area contributed by atoms with Gasteiger partial charge in [-0.1, -0.05) is 19.1 Å². The second kappa shape index (κ2) is 8.65. The molecule has 0 unspecified atom stereocenters. The number of methoxy groups -OCH3 is 1. The highest BCUT2D eigenvalue weighted by Gasteiger charge is 2.19. The summed E-state index contributed by atoms with van der Waals surface area (Å²) in [5.41, 5.74) is 6.49. The number of esters is 1. The molecule has 1 aromatic heterocycles. The van der Waals surface area contributed by atoms with Crippen LogP contribution in [0.3, 0.4) is 0 Å². The van der Waals surface area contributed by atoms with E-state index in [2.05, 4.69) is 28.9 Å². The van der Waals surface area contributed by atoms with E-state index in [9.17, 15) is 4.79 Å². The van der Waals surface area contributed by atoms with Crippen LogP contribution in [-0.2, 0) is 22.4 Å². The molecule has 0 saturated carbocycles. The minimum atomic E-state index is -0.486. The maximum atomic E-state index is 11.6. The molecule has 0 saturated heterocycles. The number of rotatable bonds is 9. The number of nitrogens with two attached hydrogens (primary N) is 1. The molecule has 7 heteroatoms. The highest BCUT2D eigenvalue weighted by Crippen LogP contribution is 2.08. The predicted octanol–water partition coefficient (Wildman–Crippen LogP) is 0.629. The minimum Gasteiger partial charge on any atom is -0.464 e. The van der Waals surface area contributed by atoms with Gasteiger partial charge in [-0.05, 0) is 18.9 Å². The molecule has 7 nitrogen and oxygen atoms in total. The highest BCUT2D eigenvalue weighted by atomic mass is 16.5. The maximum absolute atomic E-state index is 11.6. The Morgan fingerprint density at radius 2 is 2.15 bits per heavy atom. The lowest BCUT2D eigenvalue weighted by atomic mass is 10.1. The van der Waals surface area contributed by atoms with Gasteiger partial charge in [-0.15, -0.1) is 5.10 Å². The van der Waals surface area contributed by atoms with Crippen LogP contribution in [0.1, 0.15) is 36.5 Å². The number of hydrogen-bond acceptors (Lipinski definition) is 6. The van der Waals surface area contributed by atoms with Crippen molar-refractivity contribution in [2.24, 2.45) is 11.7 Å². The zero-order valence-corrected chi connectivity index (χ0v) is 12.5. The zero-order chi connectivity index (χ0) is 15.0. The molecule has 1 aromatic rings. The topological polar surface area (TPSA) is 92.3 Å². The van der Waals surface area contributed by atoms with Crippen LogP contribution in [0.15, 0.2) is 0 Å². The molecule has 1 heterocycles. The van der Waals surface area contributed by atoms with Gasteiger partial charge in [0.1, 0.15) is 0 Å². The summed E-state index contributed by atoms with van der Waals surface area (Å²) >= 11 is 0. The van der Waals surface area contributed by atoms with Gasteiger partial charge < -0.3 is 15.2 Å². The van der Waals surface area contributed by atoms with Crippen molar-refractivity contribution in [3.63, 3.8) is 0 Å². The summed E-state index contributed by atoms with van der Waals surface area (Å²) in [6, 6.07) is 0. The first-order valence-corrected chi connectivity index (χ1v) is 6.88. The number of hydrogen-bond donors (Lipinski definition) is 1. The standard InChI is InChI=1S/C13H24N4O3/c1-10(2)5-8-20-9-7-17-11(4-6-14)12(15-16-17)13(18)19-3/h10H,4-9,14H2,1-3H3. The van der Waals surface area contributed by atoms with E-state index in [-0.39, 0.29) is 5.69 Å². The second-order valence-corrected chi connectivity index (χ2v) is 4.93. The van der Waals surface area contributed by atoms with E-state index in [4.69, 9.17) is 10.5 Å². The van der Waals surface area contributed by atoms with Crippen LogP contribution in [0.2, 0.25) is 0 Å².